The lowest BCUT2D eigenvalue weighted by atomic mass is 10.1. The molecule has 0 amide bonds. The van der Waals surface area contributed by atoms with E-state index in [0.717, 1.165) is 30.4 Å². The van der Waals surface area contributed by atoms with Crippen LogP contribution in [0.15, 0.2) is 41.5 Å². The van der Waals surface area contributed by atoms with E-state index in [1.54, 1.807) is 7.11 Å². The highest BCUT2D eigenvalue weighted by atomic mass is 127. The number of aromatic nitrogens is 1. The molecule has 1 aromatic heterocycles. The predicted molar refractivity (Wildman–Crippen MR) is 115 cm³/mol. The monoisotopic (exact) mass is 456 g/mol. The summed E-state index contributed by atoms with van der Waals surface area (Å²) in [5, 5.41) is 3.36. The number of rotatable bonds is 6. The van der Waals surface area contributed by atoms with Crippen LogP contribution in [0.3, 0.4) is 0 Å². The van der Waals surface area contributed by atoms with Crippen molar-refractivity contribution in [1.82, 2.24) is 14.8 Å². The van der Waals surface area contributed by atoms with Crippen molar-refractivity contribution in [3.63, 3.8) is 0 Å². The van der Waals surface area contributed by atoms with Gasteiger partial charge in [0.1, 0.15) is 5.75 Å². The van der Waals surface area contributed by atoms with Crippen molar-refractivity contribution < 1.29 is 4.74 Å². The first kappa shape index (κ1) is 21.3. The van der Waals surface area contributed by atoms with E-state index in [0.29, 0.717) is 6.54 Å². The summed E-state index contributed by atoms with van der Waals surface area (Å²) in [6.07, 6.45) is 2.06. The quantitative estimate of drug-likeness (QED) is 0.411. The molecule has 25 heavy (non-hydrogen) atoms. The molecule has 0 bridgehead atoms. The Labute approximate surface area is 168 Å². The van der Waals surface area contributed by atoms with E-state index in [1.165, 1.54) is 11.3 Å². The summed E-state index contributed by atoms with van der Waals surface area (Å²) in [5.74, 6) is 1.82. The summed E-state index contributed by atoms with van der Waals surface area (Å²) in [6, 6.07) is 10.4. The van der Waals surface area contributed by atoms with Gasteiger partial charge in [-0.3, -0.25) is 0 Å². The molecule has 0 atom stereocenters. The number of halogens is 1. The Morgan fingerprint density at radius 1 is 1.32 bits per heavy atom. The normalized spacial score (nSPS) is 11.0. The Morgan fingerprint density at radius 3 is 2.64 bits per heavy atom. The lowest BCUT2D eigenvalue weighted by Gasteiger charge is -2.22. The van der Waals surface area contributed by atoms with Gasteiger partial charge in [0.05, 0.1) is 20.2 Å². The second kappa shape index (κ2) is 10.3. The molecular weight excluding hydrogens is 427 g/mol. The second-order valence-corrected chi connectivity index (χ2v) is 5.94. The minimum Gasteiger partial charge on any atom is -0.496 e. The first-order valence-electron chi connectivity index (χ1n) is 8.28. The molecule has 0 aliphatic rings. The van der Waals surface area contributed by atoms with E-state index < -0.39 is 0 Å². The number of benzene rings is 1. The van der Waals surface area contributed by atoms with Gasteiger partial charge in [0.25, 0.3) is 0 Å². The number of ether oxygens (including phenoxy) is 1. The maximum Gasteiger partial charge on any atom is 0.194 e. The Balaban J connectivity index is 0.00000312. The number of hydrogen-bond acceptors (Lipinski definition) is 2. The number of nitrogens with zero attached hydrogens (tertiary/aromatic N) is 3. The summed E-state index contributed by atoms with van der Waals surface area (Å²) in [5.41, 5.74) is 3.56. The van der Waals surface area contributed by atoms with E-state index in [1.807, 2.05) is 6.07 Å². The smallest absolute Gasteiger partial charge is 0.194 e. The first-order chi connectivity index (χ1) is 11.5. The molecule has 0 unspecified atom stereocenters. The molecule has 6 heteroatoms. The van der Waals surface area contributed by atoms with Crippen molar-refractivity contribution in [2.45, 2.75) is 26.9 Å². The average Bonchev–Trinajstić information content (AvgIpc) is 2.96. The zero-order valence-corrected chi connectivity index (χ0v) is 18.1. The van der Waals surface area contributed by atoms with Crippen LogP contribution in [0.5, 0.6) is 5.75 Å². The summed E-state index contributed by atoms with van der Waals surface area (Å²) >= 11 is 0. The number of nitrogens with one attached hydrogen (secondary N) is 1. The van der Waals surface area contributed by atoms with Gasteiger partial charge in [0, 0.05) is 32.5 Å². The third-order valence-corrected chi connectivity index (χ3v) is 4.02. The van der Waals surface area contributed by atoms with Crippen LogP contribution in [-0.2, 0) is 20.1 Å². The van der Waals surface area contributed by atoms with Crippen molar-refractivity contribution in [2.75, 3.05) is 20.7 Å². The standard InChI is InChI=1S/C19H28N4O.HI/c1-6-20-19(23(4)14-17-8-7-11-22(17)3)21-13-16-9-10-18(24-5)15(2)12-16;/h7-12H,6,13-14H2,1-5H3,(H,20,21);1H. The second-order valence-electron chi connectivity index (χ2n) is 5.94. The van der Waals surface area contributed by atoms with Crippen molar-refractivity contribution in [1.29, 1.82) is 0 Å². The van der Waals surface area contributed by atoms with E-state index >= 15 is 0 Å². The molecule has 2 rings (SSSR count). The van der Waals surface area contributed by atoms with Crippen LogP contribution in [-0.4, -0.2) is 36.1 Å². The Kier molecular flexibility index (Phi) is 8.82. The fourth-order valence-corrected chi connectivity index (χ4v) is 2.65. The molecule has 1 N–H and O–H groups in total. The first-order valence-corrected chi connectivity index (χ1v) is 8.28. The van der Waals surface area contributed by atoms with E-state index in [9.17, 15) is 0 Å². The molecule has 138 valence electrons. The number of hydrogen-bond donors (Lipinski definition) is 1. The largest absolute Gasteiger partial charge is 0.496 e. The molecule has 0 aliphatic heterocycles. The van der Waals surface area contributed by atoms with E-state index in [-0.39, 0.29) is 24.0 Å². The van der Waals surface area contributed by atoms with Crippen molar-refractivity contribution in [3.05, 3.63) is 53.3 Å². The van der Waals surface area contributed by atoms with Gasteiger partial charge in [0.2, 0.25) is 0 Å². The summed E-state index contributed by atoms with van der Waals surface area (Å²) < 4.78 is 7.45. The number of methoxy groups -OCH3 is 1. The average molecular weight is 456 g/mol. The third-order valence-electron chi connectivity index (χ3n) is 4.02. The lowest BCUT2D eigenvalue weighted by molar-refractivity contribution is 0.411. The molecule has 0 saturated heterocycles. The van der Waals surface area contributed by atoms with Crippen molar-refractivity contribution in [3.8, 4) is 5.75 Å². The molecule has 5 nitrogen and oxygen atoms in total. The van der Waals surface area contributed by atoms with Crippen LogP contribution >= 0.6 is 24.0 Å². The van der Waals surface area contributed by atoms with Gasteiger partial charge in [-0.05, 0) is 43.2 Å². The Morgan fingerprint density at radius 2 is 2.08 bits per heavy atom. The van der Waals surface area contributed by atoms with E-state index in [2.05, 4.69) is 73.2 Å². The Bertz CT molecular complexity index is 696. The maximum absolute atomic E-state index is 5.31. The molecule has 0 radical (unpaired) electrons. The molecule has 0 spiro atoms. The van der Waals surface area contributed by atoms with Crippen molar-refractivity contribution in [2.24, 2.45) is 12.0 Å². The van der Waals surface area contributed by atoms with Crippen molar-refractivity contribution >= 4 is 29.9 Å². The van der Waals surface area contributed by atoms with Crippen LogP contribution in [0, 0.1) is 6.92 Å². The van der Waals surface area contributed by atoms with Gasteiger partial charge >= 0.3 is 0 Å². The van der Waals surface area contributed by atoms with Crippen LogP contribution in [0.25, 0.3) is 0 Å². The van der Waals surface area contributed by atoms with E-state index in [4.69, 9.17) is 9.73 Å². The topological polar surface area (TPSA) is 41.8 Å². The summed E-state index contributed by atoms with van der Waals surface area (Å²) in [4.78, 5) is 6.92. The predicted octanol–water partition coefficient (Wildman–Crippen LogP) is 3.56. The molecule has 0 saturated carbocycles. The SMILES string of the molecule is CCNC(=NCc1ccc(OC)c(C)c1)N(C)Cc1cccn1C.I. The van der Waals surface area contributed by atoms with Gasteiger partial charge in [-0.1, -0.05) is 12.1 Å². The Hall–Kier alpha value is -1.70. The minimum absolute atomic E-state index is 0. The molecule has 2 aromatic rings. The number of guanidine groups is 1. The maximum atomic E-state index is 5.31. The fraction of sp³-hybridized carbons (Fsp3) is 0.421. The highest BCUT2D eigenvalue weighted by molar-refractivity contribution is 14.0. The van der Waals surface area contributed by atoms with Crippen LogP contribution < -0.4 is 10.1 Å². The van der Waals surface area contributed by atoms with Gasteiger partial charge < -0.3 is 19.5 Å². The highest BCUT2D eigenvalue weighted by Crippen LogP contribution is 2.19. The van der Waals surface area contributed by atoms with Gasteiger partial charge in [-0.25, -0.2) is 4.99 Å². The molecule has 1 heterocycles. The zero-order chi connectivity index (χ0) is 17.5. The zero-order valence-electron chi connectivity index (χ0n) is 15.7. The van der Waals surface area contributed by atoms with Gasteiger partial charge in [-0.15, -0.1) is 24.0 Å². The number of aliphatic imine (C=N–C) groups is 1. The molecule has 0 fully saturated rings. The van der Waals surface area contributed by atoms with Crippen LogP contribution in [0.1, 0.15) is 23.7 Å². The fourth-order valence-electron chi connectivity index (χ4n) is 2.65. The van der Waals surface area contributed by atoms with Crippen LogP contribution in [0.4, 0.5) is 0 Å². The number of aryl methyl sites for hydroxylation is 2. The lowest BCUT2D eigenvalue weighted by Crippen LogP contribution is -2.38. The molecule has 0 aliphatic carbocycles. The summed E-state index contributed by atoms with van der Waals surface area (Å²) in [7, 11) is 5.82. The summed E-state index contributed by atoms with van der Waals surface area (Å²) in [6.45, 7) is 6.45. The molecule has 1 aromatic carbocycles. The van der Waals surface area contributed by atoms with Crippen LogP contribution in [0.2, 0.25) is 0 Å². The van der Waals surface area contributed by atoms with Gasteiger partial charge in [0.15, 0.2) is 5.96 Å². The molecular formula is C19H29IN4O. The van der Waals surface area contributed by atoms with Gasteiger partial charge in [-0.2, -0.15) is 0 Å². The minimum atomic E-state index is 0. The third kappa shape index (κ3) is 5.95. The highest BCUT2D eigenvalue weighted by Gasteiger charge is 2.08.